The van der Waals surface area contributed by atoms with Crippen LogP contribution in [0, 0.1) is 12.7 Å². The van der Waals surface area contributed by atoms with Crippen molar-refractivity contribution in [2.45, 2.75) is 18.6 Å². The van der Waals surface area contributed by atoms with Crippen LogP contribution in [0.1, 0.15) is 39.8 Å². The van der Waals surface area contributed by atoms with Crippen molar-refractivity contribution in [1.29, 1.82) is 0 Å². The molecule has 0 saturated carbocycles. The number of carbonyl (C=O) groups excluding carboxylic acids is 1. The number of rotatable bonds is 5. The monoisotopic (exact) mass is 400 g/mol. The van der Waals surface area contributed by atoms with Crippen molar-refractivity contribution in [3.8, 4) is 0 Å². The standard InChI is InChI=1S/C21H21FN2O3S/c1-14-13-18(21(2,28(23,26)27)16-7-5-4-6-8-16)24(3)19(14)20(25)15-9-11-17(22)12-10-15/h4-13H,1-3H3,(H2,23,26,27). The van der Waals surface area contributed by atoms with Gasteiger partial charge in [-0.25, -0.2) is 17.9 Å². The Bertz CT molecular complexity index is 1140. The van der Waals surface area contributed by atoms with Crippen LogP contribution >= 0.6 is 0 Å². The van der Waals surface area contributed by atoms with E-state index in [9.17, 15) is 17.6 Å². The zero-order valence-corrected chi connectivity index (χ0v) is 16.6. The third-order valence-electron chi connectivity index (χ3n) is 5.13. The molecule has 1 unspecified atom stereocenters. The zero-order chi connectivity index (χ0) is 20.7. The van der Waals surface area contributed by atoms with Gasteiger partial charge in [-0.1, -0.05) is 30.3 Å². The Labute approximate surface area is 163 Å². The molecular formula is C21H21FN2O3S. The summed E-state index contributed by atoms with van der Waals surface area (Å²) in [5, 5.41) is 5.64. The molecule has 0 aliphatic rings. The summed E-state index contributed by atoms with van der Waals surface area (Å²) < 4.78 is 38.5. The molecule has 5 nitrogen and oxygen atoms in total. The second-order valence-corrected chi connectivity index (χ2v) is 8.81. The van der Waals surface area contributed by atoms with Gasteiger partial charge in [0.2, 0.25) is 15.8 Å². The highest BCUT2D eigenvalue weighted by Gasteiger charge is 2.43. The molecule has 0 spiro atoms. The van der Waals surface area contributed by atoms with Gasteiger partial charge < -0.3 is 4.57 Å². The molecule has 1 aromatic heterocycles. The fourth-order valence-electron chi connectivity index (χ4n) is 3.50. The maximum absolute atomic E-state index is 13.2. The molecule has 0 fully saturated rings. The molecule has 0 radical (unpaired) electrons. The first-order valence-corrected chi connectivity index (χ1v) is 10.2. The molecule has 0 amide bonds. The summed E-state index contributed by atoms with van der Waals surface area (Å²) in [7, 11) is -2.44. The van der Waals surface area contributed by atoms with Crippen LogP contribution < -0.4 is 5.14 Å². The van der Waals surface area contributed by atoms with Crippen LogP contribution in [0.2, 0.25) is 0 Å². The largest absolute Gasteiger partial charge is 0.343 e. The number of nitrogens with zero attached hydrogens (tertiary/aromatic N) is 1. The molecule has 0 aliphatic carbocycles. The first kappa shape index (κ1) is 20.0. The van der Waals surface area contributed by atoms with E-state index >= 15 is 0 Å². The topological polar surface area (TPSA) is 82.2 Å². The SMILES string of the molecule is Cc1cc(C(C)(c2ccccc2)S(N)(=O)=O)n(C)c1C(=O)c1ccc(F)cc1. The number of carbonyl (C=O) groups is 1. The lowest BCUT2D eigenvalue weighted by Crippen LogP contribution is -2.40. The third kappa shape index (κ3) is 3.16. The van der Waals surface area contributed by atoms with Gasteiger partial charge in [0.1, 0.15) is 10.6 Å². The zero-order valence-electron chi connectivity index (χ0n) is 15.8. The second-order valence-electron chi connectivity index (χ2n) is 6.90. The number of primary sulfonamides is 1. The van der Waals surface area contributed by atoms with Gasteiger partial charge in [0.15, 0.2) is 0 Å². The van der Waals surface area contributed by atoms with E-state index in [1.165, 1.54) is 31.2 Å². The summed E-state index contributed by atoms with van der Waals surface area (Å²) in [6.45, 7) is 3.26. The van der Waals surface area contributed by atoms with Gasteiger partial charge in [0.05, 0.1) is 5.69 Å². The predicted octanol–water partition coefficient (Wildman–Crippen LogP) is 3.26. The lowest BCUT2D eigenvalue weighted by molar-refractivity contribution is 0.103. The minimum Gasteiger partial charge on any atom is -0.343 e. The molecule has 28 heavy (non-hydrogen) atoms. The van der Waals surface area contributed by atoms with Crippen molar-refractivity contribution in [3.63, 3.8) is 0 Å². The van der Waals surface area contributed by atoms with Crippen molar-refractivity contribution in [2.75, 3.05) is 0 Å². The van der Waals surface area contributed by atoms with E-state index in [1.54, 1.807) is 54.9 Å². The van der Waals surface area contributed by atoms with Gasteiger partial charge in [0.25, 0.3) is 0 Å². The molecule has 3 aromatic rings. The average Bonchev–Trinajstić information content (AvgIpc) is 2.95. The molecule has 0 saturated heterocycles. The highest BCUT2D eigenvalue weighted by atomic mass is 32.2. The second kappa shape index (κ2) is 7.00. The minimum atomic E-state index is -4.07. The quantitative estimate of drug-likeness (QED) is 0.668. The summed E-state index contributed by atoms with van der Waals surface area (Å²) in [6, 6.07) is 15.5. The van der Waals surface area contributed by atoms with Crippen LogP contribution in [0.15, 0.2) is 60.7 Å². The maximum atomic E-state index is 13.2. The smallest absolute Gasteiger partial charge is 0.224 e. The van der Waals surface area contributed by atoms with Crippen LogP contribution in [-0.2, 0) is 21.8 Å². The lowest BCUT2D eigenvalue weighted by atomic mass is 9.96. The summed E-state index contributed by atoms with van der Waals surface area (Å²) in [4.78, 5) is 13.0. The van der Waals surface area contributed by atoms with Crippen molar-refractivity contribution >= 4 is 15.8 Å². The molecule has 1 atom stereocenters. The molecule has 2 aromatic carbocycles. The van der Waals surface area contributed by atoms with Gasteiger partial charge in [-0.2, -0.15) is 0 Å². The molecule has 3 rings (SSSR count). The number of nitrogens with two attached hydrogens (primary N) is 1. The van der Waals surface area contributed by atoms with Gasteiger partial charge in [0, 0.05) is 18.3 Å². The van der Waals surface area contributed by atoms with Gasteiger partial charge >= 0.3 is 0 Å². The van der Waals surface area contributed by atoms with Crippen molar-refractivity contribution in [1.82, 2.24) is 4.57 Å². The fraction of sp³-hybridized carbons (Fsp3) is 0.190. The Morgan fingerprint density at radius 2 is 1.64 bits per heavy atom. The average molecular weight is 400 g/mol. The van der Waals surface area contributed by atoms with E-state index in [1.807, 2.05) is 0 Å². The number of hydrogen-bond acceptors (Lipinski definition) is 3. The molecular weight excluding hydrogens is 379 g/mol. The third-order valence-corrected chi connectivity index (χ3v) is 6.71. The minimum absolute atomic E-state index is 0.314. The number of aromatic nitrogens is 1. The van der Waals surface area contributed by atoms with Crippen molar-refractivity contribution in [2.24, 2.45) is 12.2 Å². The van der Waals surface area contributed by atoms with Gasteiger partial charge in [-0.15, -0.1) is 0 Å². The van der Waals surface area contributed by atoms with E-state index < -0.39 is 20.6 Å². The Balaban J connectivity index is 2.22. The van der Waals surface area contributed by atoms with E-state index in [0.29, 0.717) is 28.1 Å². The fourth-order valence-corrected chi connectivity index (χ4v) is 4.45. The lowest BCUT2D eigenvalue weighted by Gasteiger charge is -2.29. The summed E-state index contributed by atoms with van der Waals surface area (Å²) in [5.74, 6) is -0.761. The van der Waals surface area contributed by atoms with Crippen LogP contribution in [0.25, 0.3) is 0 Å². The van der Waals surface area contributed by atoms with Crippen LogP contribution in [-0.4, -0.2) is 18.8 Å². The molecule has 2 N–H and O–H groups in total. The highest BCUT2D eigenvalue weighted by molar-refractivity contribution is 7.90. The molecule has 0 bridgehead atoms. The van der Waals surface area contributed by atoms with E-state index in [2.05, 4.69) is 0 Å². The van der Waals surface area contributed by atoms with Gasteiger partial charge in [-0.3, -0.25) is 4.79 Å². The summed E-state index contributed by atoms with van der Waals surface area (Å²) in [5.41, 5.74) is 2.13. The van der Waals surface area contributed by atoms with Gasteiger partial charge in [-0.05, 0) is 55.3 Å². The van der Waals surface area contributed by atoms with E-state index in [0.717, 1.165) is 0 Å². The Morgan fingerprint density at radius 1 is 1.07 bits per heavy atom. The molecule has 1 heterocycles. The van der Waals surface area contributed by atoms with E-state index in [4.69, 9.17) is 5.14 Å². The van der Waals surface area contributed by atoms with E-state index in [-0.39, 0.29) is 5.78 Å². The maximum Gasteiger partial charge on any atom is 0.224 e. The Hall–Kier alpha value is -2.77. The predicted molar refractivity (Wildman–Crippen MR) is 106 cm³/mol. The first-order valence-electron chi connectivity index (χ1n) is 8.62. The summed E-state index contributed by atoms with van der Waals surface area (Å²) in [6.07, 6.45) is 0. The van der Waals surface area contributed by atoms with Crippen LogP contribution in [0.4, 0.5) is 4.39 Å². The summed E-state index contributed by atoms with van der Waals surface area (Å²) >= 11 is 0. The molecule has 146 valence electrons. The van der Waals surface area contributed by atoms with Crippen molar-refractivity contribution < 1.29 is 17.6 Å². The number of benzene rings is 2. The van der Waals surface area contributed by atoms with Crippen LogP contribution in [0.5, 0.6) is 0 Å². The number of sulfonamides is 1. The van der Waals surface area contributed by atoms with Crippen LogP contribution in [0.3, 0.4) is 0 Å². The number of halogens is 1. The number of aryl methyl sites for hydroxylation is 1. The number of ketones is 1. The molecule has 0 aliphatic heterocycles. The molecule has 7 heteroatoms. The first-order chi connectivity index (χ1) is 13.1. The Kier molecular flexibility index (Phi) is 4.99. The normalized spacial score (nSPS) is 13.9. The number of hydrogen-bond donors (Lipinski definition) is 1. The highest BCUT2D eigenvalue weighted by Crippen LogP contribution is 2.38. The Morgan fingerprint density at radius 3 is 2.18 bits per heavy atom. The van der Waals surface area contributed by atoms with Crippen molar-refractivity contribution in [3.05, 3.63) is 94.6 Å².